The highest BCUT2D eigenvalue weighted by Crippen LogP contribution is 2.28. The van der Waals surface area contributed by atoms with Crippen molar-refractivity contribution in [2.75, 3.05) is 0 Å². The summed E-state index contributed by atoms with van der Waals surface area (Å²) in [5, 5.41) is 7.02. The van der Waals surface area contributed by atoms with Crippen molar-refractivity contribution in [2.45, 2.75) is 6.54 Å². The normalized spacial score (nSPS) is 11.3. The summed E-state index contributed by atoms with van der Waals surface area (Å²) in [4.78, 5) is 30.9. The minimum atomic E-state index is -0.305. The molecule has 0 radical (unpaired) electrons. The zero-order valence-corrected chi connectivity index (χ0v) is 18.2. The third-order valence-electron chi connectivity index (χ3n) is 4.95. The number of nitrogens with zero attached hydrogens (tertiary/aromatic N) is 3. The van der Waals surface area contributed by atoms with Gasteiger partial charge in [0.1, 0.15) is 5.01 Å². The van der Waals surface area contributed by atoms with Crippen molar-refractivity contribution in [1.82, 2.24) is 19.3 Å². The van der Waals surface area contributed by atoms with Gasteiger partial charge in [0, 0.05) is 22.7 Å². The first-order valence-corrected chi connectivity index (χ1v) is 10.9. The number of fused-ring (bicyclic) bond motifs is 1. The summed E-state index contributed by atoms with van der Waals surface area (Å²) in [6, 6.07) is 15.5. The Bertz CT molecular complexity index is 1520. The van der Waals surface area contributed by atoms with Crippen LogP contribution in [0.15, 0.2) is 75.8 Å². The number of pyridine rings is 1. The van der Waals surface area contributed by atoms with Gasteiger partial charge in [0.2, 0.25) is 0 Å². The minimum absolute atomic E-state index is 0.250. The second-order valence-electron chi connectivity index (χ2n) is 6.84. The van der Waals surface area contributed by atoms with Crippen molar-refractivity contribution >= 4 is 45.4 Å². The lowest BCUT2D eigenvalue weighted by atomic mass is 10.1. The van der Waals surface area contributed by atoms with Crippen LogP contribution in [0.3, 0.4) is 0 Å². The zero-order chi connectivity index (χ0) is 21.5. The lowest BCUT2D eigenvalue weighted by Gasteiger charge is -2.13. The van der Waals surface area contributed by atoms with Gasteiger partial charge >= 0.3 is 0 Å². The highest BCUT2D eigenvalue weighted by Gasteiger charge is 2.20. The fourth-order valence-electron chi connectivity index (χ4n) is 3.57. The van der Waals surface area contributed by atoms with Crippen LogP contribution in [-0.2, 0) is 6.54 Å². The number of hydrogen-bond acceptors (Lipinski definition) is 4. The van der Waals surface area contributed by atoms with E-state index in [1.165, 1.54) is 22.1 Å². The number of para-hydroxylation sites is 1. The molecule has 0 spiro atoms. The molecule has 2 aromatic carbocycles. The summed E-state index contributed by atoms with van der Waals surface area (Å²) in [5.74, 6) is 0. The molecule has 0 atom stereocenters. The molecule has 0 saturated heterocycles. The number of thiazole rings is 1. The molecule has 0 aliphatic rings. The summed E-state index contributed by atoms with van der Waals surface area (Å²) in [5.41, 5.74) is 1.58. The molecule has 0 aliphatic heterocycles. The van der Waals surface area contributed by atoms with Gasteiger partial charge in [0.25, 0.3) is 11.1 Å². The molecule has 0 saturated carbocycles. The highest BCUT2D eigenvalue weighted by atomic mass is 35.5. The van der Waals surface area contributed by atoms with Crippen molar-refractivity contribution in [1.29, 1.82) is 0 Å². The van der Waals surface area contributed by atoms with Crippen LogP contribution < -0.4 is 11.1 Å². The number of rotatable bonds is 4. The van der Waals surface area contributed by atoms with E-state index < -0.39 is 0 Å². The lowest BCUT2D eigenvalue weighted by Crippen LogP contribution is -2.23. The Morgan fingerprint density at radius 1 is 1.03 bits per heavy atom. The first-order chi connectivity index (χ1) is 15.0. The molecule has 0 fully saturated rings. The smallest absolute Gasteiger partial charge is 0.281 e. The molecule has 0 unspecified atom stereocenters. The Morgan fingerprint density at radius 3 is 2.52 bits per heavy atom. The van der Waals surface area contributed by atoms with Crippen LogP contribution in [0.5, 0.6) is 0 Å². The summed E-state index contributed by atoms with van der Waals surface area (Å²) < 4.78 is 2.93. The van der Waals surface area contributed by atoms with E-state index in [1.54, 1.807) is 59.3 Å². The number of halogens is 2. The lowest BCUT2D eigenvalue weighted by molar-refractivity contribution is 0.768. The van der Waals surface area contributed by atoms with Crippen LogP contribution in [0.4, 0.5) is 0 Å². The topological polar surface area (TPSA) is 72.7 Å². The molecule has 31 heavy (non-hydrogen) atoms. The molecule has 5 rings (SSSR count). The monoisotopic (exact) mass is 468 g/mol. The average Bonchev–Trinajstić information content (AvgIpc) is 3.38. The van der Waals surface area contributed by atoms with Crippen molar-refractivity contribution in [3.05, 3.63) is 102 Å². The van der Waals surface area contributed by atoms with Crippen LogP contribution in [0.2, 0.25) is 10.0 Å². The highest BCUT2D eigenvalue weighted by molar-refractivity contribution is 7.09. The largest absolute Gasteiger partial charge is 0.300 e. The van der Waals surface area contributed by atoms with Crippen molar-refractivity contribution < 1.29 is 0 Å². The first kappa shape index (κ1) is 19.8. The van der Waals surface area contributed by atoms with Crippen molar-refractivity contribution in [3.63, 3.8) is 0 Å². The number of aromatic amines is 1. The van der Waals surface area contributed by atoms with E-state index in [0.717, 1.165) is 5.01 Å². The van der Waals surface area contributed by atoms with Gasteiger partial charge in [-0.15, -0.1) is 11.3 Å². The van der Waals surface area contributed by atoms with Crippen LogP contribution in [0.25, 0.3) is 27.8 Å². The maximum atomic E-state index is 13.5. The third kappa shape index (κ3) is 3.50. The van der Waals surface area contributed by atoms with Gasteiger partial charge < -0.3 is 4.57 Å². The zero-order valence-electron chi connectivity index (χ0n) is 15.9. The Labute approximate surface area is 189 Å². The van der Waals surface area contributed by atoms with Gasteiger partial charge in [-0.2, -0.15) is 0 Å². The fourth-order valence-corrected chi connectivity index (χ4v) is 4.52. The van der Waals surface area contributed by atoms with E-state index in [2.05, 4.69) is 10.1 Å². The molecule has 9 heteroatoms. The Hall–Kier alpha value is -3.13. The molecule has 0 amide bonds. The van der Waals surface area contributed by atoms with Crippen molar-refractivity contribution in [3.8, 4) is 16.9 Å². The number of nitrogens with one attached hydrogen (secondary N) is 1. The molecule has 0 aliphatic carbocycles. The van der Waals surface area contributed by atoms with Gasteiger partial charge in [0.15, 0.2) is 0 Å². The molecule has 5 aromatic rings. The van der Waals surface area contributed by atoms with Crippen LogP contribution in [0, 0.1) is 0 Å². The second-order valence-corrected chi connectivity index (χ2v) is 8.67. The molecule has 1 N–H and O–H groups in total. The number of benzene rings is 2. The Morgan fingerprint density at radius 2 is 1.81 bits per heavy atom. The van der Waals surface area contributed by atoms with Gasteiger partial charge in [-0.3, -0.25) is 14.7 Å². The summed E-state index contributed by atoms with van der Waals surface area (Å²) >= 11 is 13.8. The van der Waals surface area contributed by atoms with Gasteiger partial charge in [-0.1, -0.05) is 47.5 Å². The SMILES string of the molecule is O=c1c2c(-c3ccc(Cl)cc3)n(Cc3nccs3)c(=O)cc2[nH]n1-c1ccccc1Cl. The molecular weight excluding hydrogens is 455 g/mol. The van der Waals surface area contributed by atoms with Gasteiger partial charge in [-0.25, -0.2) is 9.67 Å². The van der Waals surface area contributed by atoms with E-state index >= 15 is 0 Å². The Balaban J connectivity index is 1.86. The fraction of sp³-hybridized carbons (Fsp3) is 0.0455. The van der Waals surface area contributed by atoms with E-state index in [9.17, 15) is 9.59 Å². The molecule has 6 nitrogen and oxygen atoms in total. The first-order valence-electron chi connectivity index (χ1n) is 9.31. The summed E-state index contributed by atoms with van der Waals surface area (Å²) in [6.07, 6.45) is 1.69. The Kier molecular flexibility index (Phi) is 5.02. The van der Waals surface area contributed by atoms with E-state index in [4.69, 9.17) is 23.2 Å². The quantitative estimate of drug-likeness (QED) is 0.405. The van der Waals surface area contributed by atoms with E-state index in [1.807, 2.05) is 5.38 Å². The number of aromatic nitrogens is 4. The molecule has 154 valence electrons. The second kappa shape index (κ2) is 7.85. The number of hydrogen-bond donors (Lipinski definition) is 1. The third-order valence-corrected chi connectivity index (χ3v) is 6.28. The van der Waals surface area contributed by atoms with Gasteiger partial charge in [0.05, 0.1) is 33.9 Å². The van der Waals surface area contributed by atoms with Crippen LogP contribution in [-0.4, -0.2) is 19.3 Å². The summed E-state index contributed by atoms with van der Waals surface area (Å²) in [6.45, 7) is 0.251. The van der Waals surface area contributed by atoms with Crippen molar-refractivity contribution in [2.24, 2.45) is 0 Å². The average molecular weight is 469 g/mol. The molecule has 3 heterocycles. The van der Waals surface area contributed by atoms with Gasteiger partial charge in [-0.05, 0) is 29.8 Å². The predicted octanol–water partition coefficient (Wildman–Crippen LogP) is 4.96. The van der Waals surface area contributed by atoms with Crippen LogP contribution in [0.1, 0.15) is 5.01 Å². The summed E-state index contributed by atoms with van der Waals surface area (Å²) in [7, 11) is 0. The maximum Gasteiger partial charge on any atom is 0.281 e. The van der Waals surface area contributed by atoms with E-state index in [0.29, 0.717) is 37.9 Å². The van der Waals surface area contributed by atoms with Crippen LogP contribution >= 0.6 is 34.5 Å². The molecule has 3 aromatic heterocycles. The minimum Gasteiger partial charge on any atom is -0.300 e. The number of H-pyrrole nitrogens is 1. The standard InChI is InChI=1S/C22H14Cl2N4O2S/c23-14-7-5-13(6-8-14)21-20-16(11-19(29)27(21)12-18-25-9-10-31-18)26-28(22(20)30)17-4-2-1-3-15(17)24/h1-11,26H,12H2. The predicted molar refractivity (Wildman–Crippen MR) is 125 cm³/mol. The molecule has 0 bridgehead atoms. The van der Waals surface area contributed by atoms with E-state index in [-0.39, 0.29) is 17.7 Å². The maximum absolute atomic E-state index is 13.5. The molecular formula is C22H14Cl2N4O2S.